The lowest BCUT2D eigenvalue weighted by Gasteiger charge is -1.85. The summed E-state index contributed by atoms with van der Waals surface area (Å²) in [5.74, 6) is 0. The van der Waals surface area contributed by atoms with Crippen LogP contribution in [-0.2, 0) is 0 Å². The molecule has 2 aliphatic rings. The van der Waals surface area contributed by atoms with Gasteiger partial charge in [-0.25, -0.2) is 9.97 Å². The maximum Gasteiger partial charge on any atom is 0.320 e. The molecule has 0 aliphatic carbocycles. The van der Waals surface area contributed by atoms with Gasteiger partial charge in [0.05, 0.1) is 22.3 Å². The number of nitriles is 1. The fourth-order valence-corrected chi connectivity index (χ4v) is 2.16. The van der Waals surface area contributed by atoms with E-state index in [9.17, 15) is 9.59 Å². The molecule has 88 valence electrons. The maximum absolute atomic E-state index is 11.3. The van der Waals surface area contributed by atoms with Crippen LogP contribution in [0.4, 0.5) is 0 Å². The Balaban J connectivity index is 0.000000367. The van der Waals surface area contributed by atoms with Crippen molar-refractivity contribution in [2.24, 2.45) is 0 Å². The van der Waals surface area contributed by atoms with Crippen molar-refractivity contribution < 1.29 is 0 Å². The van der Waals surface area contributed by atoms with Gasteiger partial charge in [0.1, 0.15) is 5.69 Å². The number of fused-ring (bicyclic) bond motifs is 1. The zero-order chi connectivity index (χ0) is 13.1. The molecule has 0 unspecified atom stereocenters. The Labute approximate surface area is 106 Å². The molecule has 0 bridgehead atoms. The molecule has 18 heavy (non-hydrogen) atoms. The van der Waals surface area contributed by atoms with E-state index < -0.39 is 11.0 Å². The molecule has 0 aromatic carbocycles. The first-order valence-corrected chi connectivity index (χ1v) is 5.88. The molecule has 0 fully saturated rings. The van der Waals surface area contributed by atoms with Gasteiger partial charge in [0.15, 0.2) is 0 Å². The second-order valence-electron chi connectivity index (χ2n) is 3.32. The second kappa shape index (κ2) is 4.85. The molecule has 2 aliphatic heterocycles. The Morgan fingerprint density at radius 1 is 1.28 bits per heavy atom. The van der Waals surface area contributed by atoms with Crippen LogP contribution in [0.25, 0.3) is 22.0 Å². The van der Waals surface area contributed by atoms with Crippen LogP contribution in [-0.4, -0.2) is 9.97 Å². The quantitative estimate of drug-likeness (QED) is 0.616. The minimum absolute atomic E-state index is 0.184. The fourth-order valence-electron chi connectivity index (χ4n) is 1.47. The highest BCUT2D eigenvalue weighted by molar-refractivity contribution is 7.13. The molecule has 3 heterocycles. The summed E-state index contributed by atoms with van der Waals surface area (Å²) in [7, 11) is 0. The average molecular weight is 257 g/mol. The number of rotatable bonds is 1. The van der Waals surface area contributed by atoms with Crippen molar-refractivity contribution in [3.8, 4) is 28.0 Å². The van der Waals surface area contributed by atoms with E-state index in [1.54, 1.807) is 12.1 Å². The lowest BCUT2D eigenvalue weighted by molar-refractivity contribution is 1.31. The predicted molar refractivity (Wildman–Crippen MR) is 68.2 cm³/mol. The Bertz CT molecular complexity index is 749. The van der Waals surface area contributed by atoms with Gasteiger partial charge < -0.3 is 0 Å². The van der Waals surface area contributed by atoms with E-state index in [1.165, 1.54) is 18.3 Å². The highest BCUT2D eigenvalue weighted by atomic mass is 32.1. The van der Waals surface area contributed by atoms with Crippen LogP contribution >= 0.6 is 11.3 Å². The van der Waals surface area contributed by atoms with Crippen LogP contribution < -0.4 is 11.0 Å². The Morgan fingerprint density at radius 3 is 2.56 bits per heavy atom. The fraction of sp³-hybridized carbons (Fsp3) is 0.0833. The van der Waals surface area contributed by atoms with Crippen LogP contribution in [0.5, 0.6) is 0 Å². The number of aromatic nitrogens is 2. The maximum atomic E-state index is 11.3. The minimum Gasteiger partial charge on any atom is -0.281 e. The Kier molecular flexibility index (Phi) is 3.26. The molecule has 1 aromatic rings. The van der Waals surface area contributed by atoms with E-state index in [-0.39, 0.29) is 5.69 Å². The van der Waals surface area contributed by atoms with Gasteiger partial charge in [-0.15, -0.1) is 11.3 Å². The van der Waals surface area contributed by atoms with Crippen molar-refractivity contribution in [1.29, 1.82) is 5.26 Å². The summed E-state index contributed by atoms with van der Waals surface area (Å²) in [6.45, 7) is 1.43. The van der Waals surface area contributed by atoms with Gasteiger partial charge >= 0.3 is 5.56 Å². The largest absolute Gasteiger partial charge is 0.320 e. The van der Waals surface area contributed by atoms with E-state index in [0.717, 1.165) is 4.88 Å². The second-order valence-corrected chi connectivity index (χ2v) is 4.27. The zero-order valence-corrected chi connectivity index (χ0v) is 10.2. The van der Waals surface area contributed by atoms with Crippen molar-refractivity contribution in [2.75, 3.05) is 0 Å². The lowest BCUT2D eigenvalue weighted by atomic mass is 10.3. The highest BCUT2D eigenvalue weighted by Crippen LogP contribution is 2.27. The van der Waals surface area contributed by atoms with E-state index in [4.69, 9.17) is 5.26 Å². The normalized spacial score (nSPS) is 9.78. The monoisotopic (exact) mass is 257 g/mol. The first-order chi connectivity index (χ1) is 8.67. The van der Waals surface area contributed by atoms with Crippen LogP contribution in [0, 0.1) is 11.3 Å². The molecule has 5 nitrogen and oxygen atoms in total. The van der Waals surface area contributed by atoms with Crippen molar-refractivity contribution in [1.82, 2.24) is 9.97 Å². The molecule has 0 saturated heterocycles. The Morgan fingerprint density at radius 2 is 2.00 bits per heavy atom. The van der Waals surface area contributed by atoms with E-state index in [2.05, 4.69) is 9.97 Å². The predicted octanol–water partition coefficient (Wildman–Crippen LogP) is 1.44. The molecule has 0 radical (unpaired) electrons. The first kappa shape index (κ1) is 12.1. The summed E-state index contributed by atoms with van der Waals surface area (Å²) in [5, 5.41) is 9.25. The Hall–Kier alpha value is -2.39. The first-order valence-electron chi connectivity index (χ1n) is 5.00. The van der Waals surface area contributed by atoms with Crippen molar-refractivity contribution in [3.63, 3.8) is 0 Å². The van der Waals surface area contributed by atoms with Crippen molar-refractivity contribution in [3.05, 3.63) is 44.2 Å². The SMILES string of the molecule is CC#N.O=c1nc2cc(-c3cccs3)nc-2c1=O. The summed E-state index contributed by atoms with van der Waals surface area (Å²) in [4.78, 5) is 30.9. The standard InChI is InChI=1S/C10H4N2O2S.C2H3N/c13-9-8-6(12-10(9)14)4-5(11-8)7-2-1-3-15-7;1-2-3/h1-4H;1H3. The minimum atomic E-state index is -0.717. The van der Waals surface area contributed by atoms with Gasteiger partial charge in [-0.05, 0) is 17.5 Å². The van der Waals surface area contributed by atoms with Crippen LogP contribution in [0.15, 0.2) is 33.2 Å². The lowest BCUT2D eigenvalue weighted by Crippen LogP contribution is -2.19. The third-order valence-corrected chi connectivity index (χ3v) is 3.05. The van der Waals surface area contributed by atoms with Crippen molar-refractivity contribution >= 4 is 11.3 Å². The van der Waals surface area contributed by atoms with E-state index >= 15 is 0 Å². The summed E-state index contributed by atoms with van der Waals surface area (Å²) in [6, 6.07) is 7.24. The third kappa shape index (κ3) is 2.04. The molecule has 0 spiro atoms. The average Bonchev–Trinajstić information content (AvgIpc) is 3.00. The molecule has 0 amide bonds. The molecule has 0 atom stereocenters. The number of thiophene rings is 1. The van der Waals surface area contributed by atoms with Gasteiger partial charge in [-0.1, -0.05) is 6.07 Å². The zero-order valence-electron chi connectivity index (χ0n) is 9.38. The summed E-state index contributed by atoms with van der Waals surface area (Å²) in [5.41, 5.74) is -0.0329. The topological polar surface area (TPSA) is 83.7 Å². The summed E-state index contributed by atoms with van der Waals surface area (Å²) in [6.07, 6.45) is 0. The van der Waals surface area contributed by atoms with Crippen molar-refractivity contribution in [2.45, 2.75) is 6.92 Å². The molecule has 1 aromatic heterocycles. The molecular weight excluding hydrogens is 250 g/mol. The summed E-state index contributed by atoms with van der Waals surface area (Å²) >= 11 is 1.53. The third-order valence-electron chi connectivity index (χ3n) is 2.15. The van der Waals surface area contributed by atoms with E-state index in [1.807, 2.05) is 17.5 Å². The van der Waals surface area contributed by atoms with Gasteiger partial charge in [0.25, 0.3) is 5.43 Å². The number of nitrogens with zero attached hydrogens (tertiary/aromatic N) is 3. The molecule has 0 N–H and O–H groups in total. The smallest absolute Gasteiger partial charge is 0.281 e. The van der Waals surface area contributed by atoms with Gasteiger partial charge in [-0.2, -0.15) is 5.26 Å². The van der Waals surface area contributed by atoms with Crippen LogP contribution in [0.2, 0.25) is 0 Å². The molecule has 3 rings (SSSR count). The molecular formula is C12H7N3O2S. The molecule has 0 saturated carbocycles. The highest BCUT2D eigenvalue weighted by Gasteiger charge is 2.19. The van der Waals surface area contributed by atoms with Gasteiger partial charge in [0.2, 0.25) is 0 Å². The van der Waals surface area contributed by atoms with Crippen LogP contribution in [0.3, 0.4) is 0 Å². The van der Waals surface area contributed by atoms with Gasteiger partial charge in [-0.3, -0.25) is 9.59 Å². The van der Waals surface area contributed by atoms with Crippen LogP contribution in [0.1, 0.15) is 6.92 Å². The summed E-state index contributed by atoms with van der Waals surface area (Å²) < 4.78 is 0. The number of hydrogen-bond acceptors (Lipinski definition) is 6. The van der Waals surface area contributed by atoms with E-state index in [0.29, 0.717) is 11.4 Å². The van der Waals surface area contributed by atoms with Gasteiger partial charge in [0, 0.05) is 6.92 Å². The number of hydrogen-bond donors (Lipinski definition) is 0. The molecule has 6 heteroatoms.